The number of hydrogen-bond donors (Lipinski definition) is 1. The van der Waals surface area contributed by atoms with Crippen LogP contribution in [0.3, 0.4) is 0 Å². The van der Waals surface area contributed by atoms with E-state index in [1.807, 2.05) is 6.92 Å². The Bertz CT molecular complexity index is 406. The van der Waals surface area contributed by atoms with E-state index in [0.29, 0.717) is 13.2 Å². The Morgan fingerprint density at radius 2 is 1.86 bits per heavy atom. The molecule has 21 heavy (non-hydrogen) atoms. The molecule has 1 aromatic rings. The van der Waals surface area contributed by atoms with E-state index in [1.165, 1.54) is 16.7 Å². The van der Waals surface area contributed by atoms with Gasteiger partial charge < -0.3 is 14.8 Å². The quantitative estimate of drug-likeness (QED) is 0.712. The van der Waals surface area contributed by atoms with Gasteiger partial charge in [-0.15, -0.1) is 0 Å². The van der Waals surface area contributed by atoms with Crippen molar-refractivity contribution in [1.29, 1.82) is 0 Å². The molecule has 0 aromatic heterocycles. The van der Waals surface area contributed by atoms with Gasteiger partial charge in [-0.05, 0) is 57.4 Å². The van der Waals surface area contributed by atoms with Crippen LogP contribution in [0.15, 0.2) is 18.2 Å². The molecular formula is C18H31NO2. The van der Waals surface area contributed by atoms with Gasteiger partial charge in [0, 0.05) is 6.61 Å². The van der Waals surface area contributed by atoms with Gasteiger partial charge in [-0.25, -0.2) is 0 Å². The van der Waals surface area contributed by atoms with Gasteiger partial charge in [0.05, 0.1) is 25.4 Å². The first-order valence-corrected chi connectivity index (χ1v) is 8.08. The zero-order valence-electron chi connectivity index (χ0n) is 14.2. The molecule has 0 aliphatic heterocycles. The van der Waals surface area contributed by atoms with Gasteiger partial charge in [-0.2, -0.15) is 0 Å². The molecule has 1 aromatic carbocycles. The number of ether oxygens (including phenoxy) is 2. The van der Waals surface area contributed by atoms with E-state index in [-0.39, 0.29) is 12.1 Å². The zero-order valence-corrected chi connectivity index (χ0v) is 14.2. The lowest BCUT2D eigenvalue weighted by Gasteiger charge is -2.22. The Labute approximate surface area is 130 Å². The summed E-state index contributed by atoms with van der Waals surface area (Å²) in [6, 6.07) is 6.90. The summed E-state index contributed by atoms with van der Waals surface area (Å²) in [5, 5.41) is 3.58. The molecule has 0 radical (unpaired) electrons. The van der Waals surface area contributed by atoms with E-state index in [1.54, 1.807) is 0 Å². The molecule has 0 amide bonds. The second kappa shape index (κ2) is 9.93. The predicted octanol–water partition coefficient (Wildman–Crippen LogP) is 3.79. The monoisotopic (exact) mass is 293 g/mol. The molecule has 120 valence electrons. The maximum absolute atomic E-state index is 5.94. The fraction of sp³-hybridized carbons (Fsp3) is 0.667. The van der Waals surface area contributed by atoms with E-state index < -0.39 is 0 Å². The number of benzene rings is 1. The summed E-state index contributed by atoms with van der Waals surface area (Å²) in [6.45, 7) is 13.6. The third-order valence-electron chi connectivity index (χ3n) is 3.68. The molecule has 0 bridgehead atoms. The summed E-state index contributed by atoms with van der Waals surface area (Å²) in [5.41, 5.74) is 3.96. The van der Waals surface area contributed by atoms with Crippen molar-refractivity contribution in [1.82, 2.24) is 5.32 Å². The zero-order chi connectivity index (χ0) is 15.7. The highest BCUT2D eigenvalue weighted by molar-refractivity contribution is 5.31. The first-order chi connectivity index (χ1) is 10.1. The fourth-order valence-electron chi connectivity index (χ4n) is 2.17. The Kier molecular flexibility index (Phi) is 8.58. The highest BCUT2D eigenvalue weighted by atomic mass is 16.5. The molecular weight excluding hydrogens is 262 g/mol. The minimum Gasteiger partial charge on any atom is -0.379 e. The van der Waals surface area contributed by atoms with Gasteiger partial charge in [0.25, 0.3) is 0 Å². The molecule has 0 saturated heterocycles. The van der Waals surface area contributed by atoms with Crippen LogP contribution in [0, 0.1) is 13.8 Å². The van der Waals surface area contributed by atoms with Crippen LogP contribution in [0.5, 0.6) is 0 Å². The van der Waals surface area contributed by atoms with Crippen LogP contribution in [0.25, 0.3) is 0 Å². The van der Waals surface area contributed by atoms with E-state index in [4.69, 9.17) is 9.47 Å². The summed E-state index contributed by atoms with van der Waals surface area (Å²) < 4.78 is 11.3. The summed E-state index contributed by atoms with van der Waals surface area (Å²) >= 11 is 0. The van der Waals surface area contributed by atoms with Crippen molar-refractivity contribution in [2.24, 2.45) is 0 Å². The molecule has 0 aliphatic carbocycles. The van der Waals surface area contributed by atoms with Crippen LogP contribution in [0.2, 0.25) is 0 Å². The predicted molar refractivity (Wildman–Crippen MR) is 88.9 cm³/mol. The Morgan fingerprint density at radius 3 is 2.48 bits per heavy atom. The molecule has 0 fully saturated rings. The van der Waals surface area contributed by atoms with Crippen molar-refractivity contribution in [3.8, 4) is 0 Å². The SMILES string of the molecule is CCCNC(COC(C)COCC)c1ccc(C)c(C)c1. The first-order valence-electron chi connectivity index (χ1n) is 8.08. The van der Waals surface area contributed by atoms with Gasteiger partial charge in [0.2, 0.25) is 0 Å². The minimum absolute atomic E-state index is 0.127. The number of aryl methyl sites for hydroxylation is 2. The van der Waals surface area contributed by atoms with Crippen LogP contribution >= 0.6 is 0 Å². The maximum Gasteiger partial charge on any atom is 0.0781 e. The van der Waals surface area contributed by atoms with Crippen LogP contribution in [-0.2, 0) is 9.47 Å². The largest absolute Gasteiger partial charge is 0.379 e. The van der Waals surface area contributed by atoms with Crippen LogP contribution in [0.1, 0.15) is 49.9 Å². The van der Waals surface area contributed by atoms with Crippen molar-refractivity contribution in [3.63, 3.8) is 0 Å². The second-order valence-corrected chi connectivity index (χ2v) is 5.65. The lowest BCUT2D eigenvalue weighted by atomic mass is 10.0. The third-order valence-corrected chi connectivity index (χ3v) is 3.68. The summed E-state index contributed by atoms with van der Waals surface area (Å²) in [4.78, 5) is 0. The van der Waals surface area contributed by atoms with Gasteiger partial charge in [-0.3, -0.25) is 0 Å². The Balaban J connectivity index is 2.64. The highest BCUT2D eigenvalue weighted by Crippen LogP contribution is 2.18. The van der Waals surface area contributed by atoms with Crippen molar-refractivity contribution < 1.29 is 9.47 Å². The van der Waals surface area contributed by atoms with Crippen LogP contribution in [0.4, 0.5) is 0 Å². The summed E-state index contributed by atoms with van der Waals surface area (Å²) in [7, 11) is 0. The van der Waals surface area contributed by atoms with Gasteiger partial charge in [-0.1, -0.05) is 25.1 Å². The molecule has 0 heterocycles. The lowest BCUT2D eigenvalue weighted by Crippen LogP contribution is -2.29. The van der Waals surface area contributed by atoms with E-state index in [0.717, 1.165) is 19.6 Å². The Morgan fingerprint density at radius 1 is 1.10 bits per heavy atom. The molecule has 1 N–H and O–H groups in total. The lowest BCUT2D eigenvalue weighted by molar-refractivity contribution is -0.0116. The minimum atomic E-state index is 0.127. The smallest absolute Gasteiger partial charge is 0.0781 e. The number of nitrogens with one attached hydrogen (secondary N) is 1. The normalized spacial score (nSPS) is 14.1. The van der Waals surface area contributed by atoms with Crippen molar-refractivity contribution in [2.75, 3.05) is 26.4 Å². The van der Waals surface area contributed by atoms with Gasteiger partial charge in [0.1, 0.15) is 0 Å². The van der Waals surface area contributed by atoms with Gasteiger partial charge in [0.15, 0.2) is 0 Å². The standard InChI is InChI=1S/C18H31NO2/c1-6-10-19-18(13-21-16(5)12-20-7-2)17-9-8-14(3)15(4)11-17/h8-9,11,16,18-19H,6-7,10,12-13H2,1-5H3. The average molecular weight is 293 g/mol. The molecule has 3 heteroatoms. The number of hydrogen-bond acceptors (Lipinski definition) is 3. The first kappa shape index (κ1) is 18.1. The summed E-state index contributed by atoms with van der Waals surface area (Å²) in [6.07, 6.45) is 1.25. The van der Waals surface area contributed by atoms with E-state index >= 15 is 0 Å². The maximum atomic E-state index is 5.94. The highest BCUT2D eigenvalue weighted by Gasteiger charge is 2.13. The molecule has 0 saturated carbocycles. The van der Waals surface area contributed by atoms with Gasteiger partial charge >= 0.3 is 0 Å². The summed E-state index contributed by atoms with van der Waals surface area (Å²) in [5.74, 6) is 0. The van der Waals surface area contributed by atoms with Crippen molar-refractivity contribution in [3.05, 3.63) is 34.9 Å². The fourth-order valence-corrected chi connectivity index (χ4v) is 2.17. The number of rotatable bonds is 10. The molecule has 1 rings (SSSR count). The molecule has 2 atom stereocenters. The van der Waals surface area contributed by atoms with Crippen LogP contribution < -0.4 is 5.32 Å². The molecule has 2 unspecified atom stereocenters. The second-order valence-electron chi connectivity index (χ2n) is 5.65. The van der Waals surface area contributed by atoms with Crippen LogP contribution in [-0.4, -0.2) is 32.5 Å². The Hall–Kier alpha value is -0.900. The molecule has 3 nitrogen and oxygen atoms in total. The average Bonchev–Trinajstić information content (AvgIpc) is 2.48. The molecule has 0 spiro atoms. The van der Waals surface area contributed by atoms with E-state index in [9.17, 15) is 0 Å². The van der Waals surface area contributed by atoms with Crippen molar-refractivity contribution in [2.45, 2.75) is 53.2 Å². The van der Waals surface area contributed by atoms with E-state index in [2.05, 4.69) is 51.2 Å². The van der Waals surface area contributed by atoms with Crippen molar-refractivity contribution >= 4 is 0 Å². The topological polar surface area (TPSA) is 30.5 Å². The molecule has 0 aliphatic rings. The third kappa shape index (κ3) is 6.60.